The number of carbonyl (C=O) groups is 1. The van der Waals surface area contributed by atoms with Crippen molar-refractivity contribution >= 4 is 26.8 Å². The Hall–Kier alpha value is -2.84. The third-order valence-electron chi connectivity index (χ3n) is 4.80. The van der Waals surface area contributed by atoms with Gasteiger partial charge in [0.2, 0.25) is 10.0 Å². The summed E-state index contributed by atoms with van der Waals surface area (Å²) in [6, 6.07) is 16.3. The minimum absolute atomic E-state index is 0.107. The molecule has 28 heavy (non-hydrogen) atoms. The normalized spacial score (nSPS) is 15.7. The highest BCUT2D eigenvalue weighted by Crippen LogP contribution is 2.21. The molecular formula is C20H18FN3O3S. The summed E-state index contributed by atoms with van der Waals surface area (Å²) in [5.41, 5.74) is 1.05. The lowest BCUT2D eigenvalue weighted by Gasteiger charge is -2.33. The number of piperazine rings is 1. The number of hydrogen-bond donors (Lipinski definition) is 0. The maximum absolute atomic E-state index is 13.9. The molecule has 8 heteroatoms. The number of hydrogen-bond acceptors (Lipinski definition) is 4. The number of pyridine rings is 1. The van der Waals surface area contributed by atoms with Crippen LogP contribution in [0.2, 0.25) is 0 Å². The van der Waals surface area contributed by atoms with Crippen molar-refractivity contribution in [1.29, 1.82) is 0 Å². The molecule has 0 radical (unpaired) electrons. The zero-order valence-electron chi connectivity index (χ0n) is 15.0. The van der Waals surface area contributed by atoms with Gasteiger partial charge >= 0.3 is 0 Å². The minimum atomic E-state index is -3.93. The van der Waals surface area contributed by atoms with E-state index in [1.165, 1.54) is 22.5 Å². The number of fused-ring (bicyclic) bond motifs is 1. The number of benzene rings is 2. The van der Waals surface area contributed by atoms with Crippen LogP contribution in [0.25, 0.3) is 10.9 Å². The monoisotopic (exact) mass is 399 g/mol. The number of carbonyl (C=O) groups excluding carboxylic acids is 1. The molecule has 2 heterocycles. The molecule has 0 bridgehead atoms. The predicted molar refractivity (Wildman–Crippen MR) is 103 cm³/mol. The quantitative estimate of drug-likeness (QED) is 0.679. The first kappa shape index (κ1) is 18.5. The highest BCUT2D eigenvalue weighted by atomic mass is 32.2. The molecule has 0 atom stereocenters. The lowest BCUT2D eigenvalue weighted by Crippen LogP contribution is -2.50. The van der Waals surface area contributed by atoms with Crippen molar-refractivity contribution in [3.63, 3.8) is 0 Å². The van der Waals surface area contributed by atoms with Crippen LogP contribution < -0.4 is 0 Å². The molecule has 3 aromatic rings. The first-order chi connectivity index (χ1) is 13.5. The standard InChI is InChI=1S/C20H18FN3O3S/c21-16-6-2-4-8-19(16)28(26,27)24-13-11-23(12-14-24)20(25)18-10-9-15-5-1-3-7-17(15)22-18/h1-10H,11-14H2. The summed E-state index contributed by atoms with van der Waals surface area (Å²) in [6.07, 6.45) is 0. The van der Waals surface area contributed by atoms with E-state index in [1.807, 2.05) is 30.3 Å². The third-order valence-corrected chi connectivity index (χ3v) is 6.73. The van der Waals surface area contributed by atoms with Gasteiger partial charge in [-0.3, -0.25) is 4.79 Å². The summed E-state index contributed by atoms with van der Waals surface area (Å²) in [6.45, 7) is 0.661. The first-order valence-electron chi connectivity index (χ1n) is 8.86. The fraction of sp³-hybridized carbons (Fsp3) is 0.200. The Labute approximate surface area is 162 Å². The molecule has 2 aromatic carbocycles. The number of aromatic nitrogens is 1. The van der Waals surface area contributed by atoms with E-state index < -0.39 is 15.8 Å². The SMILES string of the molecule is O=C(c1ccc2ccccc2n1)N1CCN(S(=O)(=O)c2ccccc2F)CC1. The van der Waals surface area contributed by atoms with Gasteiger partial charge in [0, 0.05) is 31.6 Å². The van der Waals surface area contributed by atoms with Gasteiger partial charge in [-0.15, -0.1) is 0 Å². The lowest BCUT2D eigenvalue weighted by molar-refractivity contribution is 0.0692. The Morgan fingerprint density at radius 3 is 2.32 bits per heavy atom. The van der Waals surface area contributed by atoms with E-state index >= 15 is 0 Å². The van der Waals surface area contributed by atoms with Crippen LogP contribution in [0.1, 0.15) is 10.5 Å². The fourth-order valence-corrected chi connectivity index (χ4v) is 4.76. The van der Waals surface area contributed by atoms with Crippen LogP contribution in [0.5, 0.6) is 0 Å². The van der Waals surface area contributed by atoms with Gasteiger partial charge in [-0.2, -0.15) is 4.31 Å². The van der Waals surface area contributed by atoms with E-state index in [0.29, 0.717) is 5.69 Å². The fourth-order valence-electron chi connectivity index (χ4n) is 3.27. The summed E-state index contributed by atoms with van der Waals surface area (Å²) in [5.74, 6) is -1.02. The van der Waals surface area contributed by atoms with E-state index in [2.05, 4.69) is 4.98 Å². The van der Waals surface area contributed by atoms with E-state index in [-0.39, 0.29) is 37.0 Å². The lowest BCUT2D eigenvalue weighted by atomic mass is 10.2. The van der Waals surface area contributed by atoms with Crippen molar-refractivity contribution in [2.45, 2.75) is 4.90 Å². The molecule has 1 amide bonds. The Kier molecular flexibility index (Phi) is 4.82. The van der Waals surface area contributed by atoms with Crippen molar-refractivity contribution in [2.24, 2.45) is 0 Å². The summed E-state index contributed by atoms with van der Waals surface area (Å²) >= 11 is 0. The zero-order chi connectivity index (χ0) is 19.7. The molecule has 0 unspecified atom stereocenters. The van der Waals surface area contributed by atoms with Gasteiger partial charge in [-0.25, -0.2) is 17.8 Å². The first-order valence-corrected chi connectivity index (χ1v) is 10.3. The Balaban J connectivity index is 1.49. The van der Waals surface area contributed by atoms with Crippen molar-refractivity contribution in [3.8, 4) is 0 Å². The van der Waals surface area contributed by atoms with E-state index in [0.717, 1.165) is 17.0 Å². The Morgan fingerprint density at radius 1 is 0.893 bits per heavy atom. The number of sulfonamides is 1. The molecule has 0 saturated carbocycles. The average Bonchev–Trinajstić information content (AvgIpc) is 2.73. The second-order valence-corrected chi connectivity index (χ2v) is 8.42. The molecule has 6 nitrogen and oxygen atoms in total. The zero-order valence-corrected chi connectivity index (χ0v) is 15.8. The van der Waals surface area contributed by atoms with Crippen LogP contribution in [0, 0.1) is 5.82 Å². The number of nitrogens with zero attached hydrogens (tertiary/aromatic N) is 3. The molecule has 1 saturated heterocycles. The maximum Gasteiger partial charge on any atom is 0.272 e. The van der Waals surface area contributed by atoms with Gasteiger partial charge < -0.3 is 4.90 Å². The van der Waals surface area contributed by atoms with Gasteiger partial charge in [0.05, 0.1) is 5.52 Å². The van der Waals surface area contributed by atoms with Gasteiger partial charge in [-0.1, -0.05) is 36.4 Å². The molecule has 4 rings (SSSR count). The van der Waals surface area contributed by atoms with Gasteiger partial charge in [-0.05, 0) is 24.3 Å². The maximum atomic E-state index is 13.9. The topological polar surface area (TPSA) is 70.6 Å². The molecule has 1 fully saturated rings. The van der Waals surface area contributed by atoms with Crippen LogP contribution in [0.4, 0.5) is 4.39 Å². The van der Waals surface area contributed by atoms with Crippen LogP contribution in [-0.2, 0) is 10.0 Å². The molecule has 1 aliphatic heterocycles. The van der Waals surface area contributed by atoms with Crippen LogP contribution >= 0.6 is 0 Å². The van der Waals surface area contributed by atoms with Crippen molar-refractivity contribution in [2.75, 3.05) is 26.2 Å². The van der Waals surface area contributed by atoms with Crippen molar-refractivity contribution in [3.05, 3.63) is 72.2 Å². The molecule has 144 valence electrons. The highest BCUT2D eigenvalue weighted by molar-refractivity contribution is 7.89. The minimum Gasteiger partial charge on any atom is -0.335 e. The Bertz CT molecular complexity index is 1140. The molecule has 0 spiro atoms. The van der Waals surface area contributed by atoms with Crippen LogP contribution in [-0.4, -0.2) is 54.7 Å². The smallest absolute Gasteiger partial charge is 0.272 e. The third kappa shape index (κ3) is 3.36. The van der Waals surface area contributed by atoms with Gasteiger partial charge in [0.1, 0.15) is 16.4 Å². The molecule has 1 aromatic heterocycles. The van der Waals surface area contributed by atoms with E-state index in [4.69, 9.17) is 0 Å². The summed E-state index contributed by atoms with van der Waals surface area (Å²) < 4.78 is 40.5. The molecule has 1 aliphatic rings. The van der Waals surface area contributed by atoms with Crippen molar-refractivity contribution in [1.82, 2.24) is 14.2 Å². The van der Waals surface area contributed by atoms with Gasteiger partial charge in [0.25, 0.3) is 5.91 Å². The largest absolute Gasteiger partial charge is 0.335 e. The number of para-hydroxylation sites is 1. The predicted octanol–water partition coefficient (Wildman–Crippen LogP) is 2.52. The second-order valence-electron chi connectivity index (χ2n) is 6.52. The van der Waals surface area contributed by atoms with Crippen LogP contribution in [0.15, 0.2) is 65.6 Å². The summed E-state index contributed by atoms with van der Waals surface area (Å²) in [7, 11) is -3.93. The second kappa shape index (κ2) is 7.29. The number of halogens is 1. The van der Waals surface area contributed by atoms with Gasteiger partial charge in [0.15, 0.2) is 0 Å². The molecule has 0 aliphatic carbocycles. The summed E-state index contributed by atoms with van der Waals surface area (Å²) in [4.78, 5) is 18.4. The van der Waals surface area contributed by atoms with Crippen molar-refractivity contribution < 1.29 is 17.6 Å². The van der Waals surface area contributed by atoms with E-state index in [1.54, 1.807) is 11.0 Å². The molecular weight excluding hydrogens is 381 g/mol. The highest BCUT2D eigenvalue weighted by Gasteiger charge is 2.32. The number of rotatable bonds is 3. The number of amides is 1. The average molecular weight is 399 g/mol. The summed E-state index contributed by atoms with van der Waals surface area (Å²) in [5, 5.41) is 0.944. The van der Waals surface area contributed by atoms with Crippen LogP contribution in [0.3, 0.4) is 0 Å². The van der Waals surface area contributed by atoms with E-state index in [9.17, 15) is 17.6 Å². The Morgan fingerprint density at radius 2 is 1.57 bits per heavy atom. The molecule has 0 N–H and O–H groups in total.